The Morgan fingerprint density at radius 2 is 1.59 bits per heavy atom. The topological polar surface area (TPSA) is 49.3 Å². The molecular weight excluding hydrogens is 358 g/mol. The summed E-state index contributed by atoms with van der Waals surface area (Å²) in [6.45, 7) is 2.30. The normalized spacial score (nSPS) is 18.1. The number of benzene rings is 2. The van der Waals surface area contributed by atoms with Crippen molar-refractivity contribution in [2.24, 2.45) is 5.92 Å². The first-order chi connectivity index (χ1) is 14.1. The summed E-state index contributed by atoms with van der Waals surface area (Å²) < 4.78 is 0. The van der Waals surface area contributed by atoms with E-state index in [1.165, 1.54) is 48.4 Å². The molecule has 2 aliphatic rings. The van der Waals surface area contributed by atoms with Crippen LogP contribution in [0.25, 0.3) is 10.8 Å². The fraction of sp³-hybridized carbons (Fsp3) is 0.346. The minimum atomic E-state index is -0.809. The van der Waals surface area contributed by atoms with E-state index < -0.39 is 11.9 Å². The lowest BCUT2D eigenvalue weighted by Gasteiger charge is -2.27. The number of aliphatic carboxylic acids is 1. The van der Waals surface area contributed by atoms with Crippen LogP contribution in [-0.2, 0) is 4.79 Å². The Labute approximate surface area is 173 Å². The summed E-state index contributed by atoms with van der Waals surface area (Å²) in [6, 6.07) is 16.5. The Hall–Kier alpha value is -2.65. The van der Waals surface area contributed by atoms with Crippen molar-refractivity contribution >= 4 is 16.7 Å². The van der Waals surface area contributed by atoms with E-state index in [0.29, 0.717) is 12.1 Å². The van der Waals surface area contributed by atoms with E-state index in [1.807, 2.05) is 0 Å². The van der Waals surface area contributed by atoms with Crippen LogP contribution < -0.4 is 5.32 Å². The molecule has 152 valence electrons. The molecule has 2 aliphatic carbocycles. The average Bonchev–Trinajstić information content (AvgIpc) is 3.04. The lowest BCUT2D eigenvalue weighted by Crippen LogP contribution is -2.33. The van der Waals surface area contributed by atoms with Crippen LogP contribution in [0.4, 0.5) is 0 Å². The van der Waals surface area contributed by atoms with Crippen LogP contribution in [0, 0.1) is 5.92 Å². The molecule has 29 heavy (non-hydrogen) atoms. The van der Waals surface area contributed by atoms with Gasteiger partial charge in [-0.15, -0.1) is 0 Å². The highest BCUT2D eigenvalue weighted by molar-refractivity contribution is 5.86. The standard InChI is InChI=1S/C18H23N.C8H8O2/c1-14(19-16-10-3-2-4-11-16)17-13-7-9-15-8-5-6-12-18(15)17;9-8(10)7-5-3-1-2-4-6-7/h5-9,12-14,16,19H,2-4,10-11H2,1H3;1-7H,(H,9,10). The van der Waals surface area contributed by atoms with Crippen molar-refractivity contribution in [3.8, 4) is 0 Å². The zero-order valence-corrected chi connectivity index (χ0v) is 17.1. The maximum absolute atomic E-state index is 10.4. The van der Waals surface area contributed by atoms with Gasteiger partial charge in [-0.05, 0) is 36.1 Å². The highest BCUT2D eigenvalue weighted by Crippen LogP contribution is 2.26. The van der Waals surface area contributed by atoms with Crippen LogP contribution >= 0.6 is 0 Å². The third kappa shape index (κ3) is 6.16. The lowest BCUT2D eigenvalue weighted by atomic mass is 9.93. The first kappa shape index (κ1) is 21.1. The molecule has 2 N–H and O–H groups in total. The van der Waals surface area contributed by atoms with Gasteiger partial charge in [0.25, 0.3) is 0 Å². The van der Waals surface area contributed by atoms with Crippen molar-refractivity contribution < 1.29 is 9.90 Å². The molecule has 1 saturated carbocycles. The predicted molar refractivity (Wildman–Crippen MR) is 121 cm³/mol. The van der Waals surface area contributed by atoms with Gasteiger partial charge in [0.1, 0.15) is 0 Å². The first-order valence-corrected chi connectivity index (χ1v) is 10.6. The lowest BCUT2D eigenvalue weighted by molar-refractivity contribution is -0.138. The van der Waals surface area contributed by atoms with Crippen molar-refractivity contribution in [3.05, 3.63) is 84.5 Å². The molecule has 0 spiro atoms. The number of carbonyl (C=O) groups is 1. The van der Waals surface area contributed by atoms with E-state index in [-0.39, 0.29) is 0 Å². The van der Waals surface area contributed by atoms with Crippen molar-refractivity contribution in [1.82, 2.24) is 5.32 Å². The summed E-state index contributed by atoms with van der Waals surface area (Å²) in [4.78, 5) is 10.4. The van der Waals surface area contributed by atoms with Gasteiger partial charge in [0, 0.05) is 12.1 Å². The van der Waals surface area contributed by atoms with E-state index >= 15 is 0 Å². The molecule has 3 heteroatoms. The zero-order valence-electron chi connectivity index (χ0n) is 17.1. The summed E-state index contributed by atoms with van der Waals surface area (Å²) >= 11 is 0. The fourth-order valence-electron chi connectivity index (χ4n) is 4.07. The molecule has 0 heterocycles. The number of fused-ring (bicyclic) bond motifs is 1. The molecule has 1 unspecified atom stereocenters. The third-order valence-corrected chi connectivity index (χ3v) is 5.64. The molecule has 0 saturated heterocycles. The van der Waals surface area contributed by atoms with Crippen molar-refractivity contribution in [3.63, 3.8) is 0 Å². The summed E-state index contributed by atoms with van der Waals surface area (Å²) in [5.41, 5.74) is 1.43. The number of carboxylic acids is 1. The highest BCUT2D eigenvalue weighted by Gasteiger charge is 2.17. The molecule has 1 fully saturated rings. The highest BCUT2D eigenvalue weighted by atomic mass is 16.4. The minimum Gasteiger partial charge on any atom is -0.481 e. The van der Waals surface area contributed by atoms with Gasteiger partial charge in [-0.25, -0.2) is 0 Å². The molecule has 0 amide bonds. The van der Waals surface area contributed by atoms with Crippen molar-refractivity contribution in [1.29, 1.82) is 0 Å². The van der Waals surface area contributed by atoms with Crippen LogP contribution in [0.15, 0.2) is 78.9 Å². The number of nitrogens with one attached hydrogen (secondary N) is 1. The summed E-state index contributed by atoms with van der Waals surface area (Å²) in [5.74, 6) is -1.27. The Morgan fingerprint density at radius 1 is 0.931 bits per heavy atom. The smallest absolute Gasteiger partial charge is 0.314 e. The predicted octanol–water partition coefficient (Wildman–Crippen LogP) is 6.19. The van der Waals surface area contributed by atoms with Crippen LogP contribution in [-0.4, -0.2) is 17.1 Å². The Bertz CT molecular complexity index is 869. The largest absolute Gasteiger partial charge is 0.481 e. The number of hydrogen-bond donors (Lipinski definition) is 2. The second kappa shape index (κ2) is 10.8. The van der Waals surface area contributed by atoms with E-state index in [4.69, 9.17) is 5.11 Å². The van der Waals surface area contributed by atoms with Crippen molar-refractivity contribution in [2.75, 3.05) is 0 Å². The molecule has 1 atom stereocenters. The zero-order chi connectivity index (χ0) is 20.5. The Balaban J connectivity index is 0.000000204. The van der Waals surface area contributed by atoms with E-state index in [2.05, 4.69) is 54.7 Å². The Morgan fingerprint density at radius 3 is 2.28 bits per heavy atom. The summed E-state index contributed by atoms with van der Waals surface area (Å²) in [6.07, 6.45) is 17.2. The second-order valence-corrected chi connectivity index (χ2v) is 7.81. The molecule has 2 aromatic rings. The quantitative estimate of drug-likeness (QED) is 0.655. The number of allylic oxidation sites excluding steroid dienone is 4. The van der Waals surface area contributed by atoms with Gasteiger partial charge in [-0.3, -0.25) is 4.79 Å². The van der Waals surface area contributed by atoms with E-state index in [1.54, 1.807) is 36.5 Å². The fourth-order valence-corrected chi connectivity index (χ4v) is 4.07. The van der Waals surface area contributed by atoms with E-state index in [9.17, 15) is 4.79 Å². The van der Waals surface area contributed by atoms with Gasteiger partial charge in [-0.2, -0.15) is 0 Å². The molecule has 3 nitrogen and oxygen atoms in total. The average molecular weight is 390 g/mol. The van der Waals surface area contributed by atoms with Crippen LogP contribution in [0.5, 0.6) is 0 Å². The van der Waals surface area contributed by atoms with Gasteiger partial charge in [-0.1, -0.05) is 98.2 Å². The van der Waals surface area contributed by atoms with Gasteiger partial charge >= 0.3 is 5.97 Å². The summed E-state index contributed by atoms with van der Waals surface area (Å²) in [5, 5.41) is 15.1. The SMILES string of the molecule is CC(NC1CCCCC1)c1cccc2ccccc12.O=C(O)C1C=CC=CC=C1. The van der Waals surface area contributed by atoms with Gasteiger partial charge < -0.3 is 10.4 Å². The van der Waals surface area contributed by atoms with Gasteiger partial charge in [0.05, 0.1) is 5.92 Å². The Kier molecular flexibility index (Phi) is 7.83. The minimum absolute atomic E-state index is 0.439. The molecular formula is C26H31NO2. The number of hydrogen-bond acceptors (Lipinski definition) is 2. The maximum Gasteiger partial charge on any atom is 0.314 e. The van der Waals surface area contributed by atoms with Crippen LogP contribution in [0.3, 0.4) is 0 Å². The molecule has 0 bridgehead atoms. The number of carboxylic acid groups (broad SMARTS) is 1. The summed E-state index contributed by atoms with van der Waals surface area (Å²) in [7, 11) is 0. The molecule has 0 aliphatic heterocycles. The molecule has 2 aromatic carbocycles. The molecule has 4 rings (SSSR count). The maximum atomic E-state index is 10.4. The molecule has 0 aromatic heterocycles. The third-order valence-electron chi connectivity index (χ3n) is 5.64. The second-order valence-electron chi connectivity index (χ2n) is 7.81. The van der Waals surface area contributed by atoms with E-state index in [0.717, 1.165) is 0 Å². The van der Waals surface area contributed by atoms with Crippen molar-refractivity contribution in [2.45, 2.75) is 51.1 Å². The number of rotatable bonds is 4. The van der Waals surface area contributed by atoms with Gasteiger partial charge in [0.15, 0.2) is 0 Å². The van der Waals surface area contributed by atoms with Crippen LogP contribution in [0.1, 0.15) is 50.6 Å². The van der Waals surface area contributed by atoms with Crippen LogP contribution in [0.2, 0.25) is 0 Å². The van der Waals surface area contributed by atoms with Gasteiger partial charge in [0.2, 0.25) is 0 Å². The monoisotopic (exact) mass is 389 g/mol. The first-order valence-electron chi connectivity index (χ1n) is 10.6. The molecule has 0 radical (unpaired) electrons.